The summed E-state index contributed by atoms with van der Waals surface area (Å²) in [5, 5.41) is 7.18. The number of amides is 2. The number of aromatic amines is 1. The molecule has 0 aliphatic heterocycles. The zero-order valence-electron chi connectivity index (χ0n) is 29.5. The van der Waals surface area contributed by atoms with Crippen LogP contribution in [0.25, 0.3) is 10.9 Å². The summed E-state index contributed by atoms with van der Waals surface area (Å²) in [6.45, 7) is 14.4. The van der Waals surface area contributed by atoms with Crippen molar-refractivity contribution in [2.45, 2.75) is 91.5 Å². The maximum Gasteiger partial charge on any atom is 0.471 e. The molecule has 0 saturated heterocycles. The number of carbonyl (C=O) groups excluding carboxylic acids is 3. The van der Waals surface area contributed by atoms with Gasteiger partial charge in [-0.1, -0.05) is 53.7 Å². The number of pyridine rings is 1. The minimum atomic E-state index is -5.15. The number of ether oxygens (including phenoxy) is 1. The highest BCUT2D eigenvalue weighted by molar-refractivity contribution is 7.52. The van der Waals surface area contributed by atoms with Crippen LogP contribution in [0.4, 0.5) is 18.9 Å². The van der Waals surface area contributed by atoms with E-state index in [1.54, 1.807) is 49.5 Å². The Morgan fingerprint density at radius 2 is 1.56 bits per heavy atom. The molecule has 0 radical (unpaired) electrons. The van der Waals surface area contributed by atoms with Gasteiger partial charge in [-0.15, -0.1) is 0 Å². The van der Waals surface area contributed by atoms with Gasteiger partial charge < -0.3 is 24.9 Å². The van der Waals surface area contributed by atoms with E-state index >= 15 is 0 Å². The number of H-pyrrole nitrogens is 1. The van der Waals surface area contributed by atoms with Gasteiger partial charge in [0.2, 0.25) is 5.43 Å². The minimum absolute atomic E-state index is 0.0622. The van der Waals surface area contributed by atoms with E-state index in [1.807, 2.05) is 41.5 Å². The van der Waals surface area contributed by atoms with Crippen molar-refractivity contribution in [1.82, 2.24) is 15.4 Å². The normalized spacial score (nSPS) is 14.2. The molecule has 3 rings (SSSR count). The first-order chi connectivity index (χ1) is 22.9. The largest absolute Gasteiger partial charge is 0.471 e. The van der Waals surface area contributed by atoms with Crippen molar-refractivity contribution in [2.24, 2.45) is 0 Å². The molecule has 0 aliphatic rings. The van der Waals surface area contributed by atoms with Gasteiger partial charge in [-0.2, -0.15) is 18.3 Å². The molecule has 274 valence electrons. The molecule has 0 bridgehead atoms. The highest BCUT2D eigenvalue weighted by Gasteiger charge is 2.39. The van der Waals surface area contributed by atoms with E-state index in [9.17, 15) is 36.9 Å². The number of anilines is 1. The number of aromatic nitrogens is 1. The van der Waals surface area contributed by atoms with Crippen LogP contribution in [-0.2, 0) is 34.2 Å². The first kappa shape index (κ1) is 40.2. The van der Waals surface area contributed by atoms with Crippen molar-refractivity contribution in [2.75, 3.05) is 18.5 Å². The number of benzene rings is 2. The van der Waals surface area contributed by atoms with Crippen LogP contribution in [0, 0.1) is 0 Å². The SMILES string of the molecule is CC(C)OC(=O)[C@H](C)NP(=O)(OCCNC(=O)C(F)(F)F)Oc1cc(NC(=O)c2c[nH]c3ccccc3c2=O)c(C(C)(C)C)cc1C(C)(C)C. The van der Waals surface area contributed by atoms with Crippen LogP contribution in [0.2, 0.25) is 0 Å². The van der Waals surface area contributed by atoms with Gasteiger partial charge in [-0.3, -0.25) is 23.7 Å². The third-order valence-electron chi connectivity index (χ3n) is 7.20. The number of esters is 1. The van der Waals surface area contributed by atoms with Crippen LogP contribution in [0.15, 0.2) is 47.4 Å². The number of alkyl halides is 3. The van der Waals surface area contributed by atoms with Gasteiger partial charge in [0.05, 0.1) is 12.7 Å². The molecule has 1 heterocycles. The molecule has 0 spiro atoms. The van der Waals surface area contributed by atoms with Crippen LogP contribution in [0.5, 0.6) is 5.75 Å². The summed E-state index contributed by atoms with van der Waals surface area (Å²) in [6.07, 6.45) is -4.37. The Hall–Kier alpha value is -4.20. The van der Waals surface area contributed by atoms with E-state index in [4.69, 9.17) is 13.8 Å². The predicted molar refractivity (Wildman–Crippen MR) is 183 cm³/mol. The third-order valence-corrected chi connectivity index (χ3v) is 8.86. The van der Waals surface area contributed by atoms with E-state index in [1.165, 1.54) is 19.2 Å². The van der Waals surface area contributed by atoms with Gasteiger partial charge in [-0.25, -0.2) is 4.57 Å². The monoisotopic (exact) mass is 724 g/mol. The number of halogens is 3. The average molecular weight is 725 g/mol. The maximum atomic E-state index is 14.3. The fraction of sp³-hybridized carbons (Fsp3) is 0.471. The molecule has 1 unspecified atom stereocenters. The van der Waals surface area contributed by atoms with Crippen LogP contribution in [0.1, 0.15) is 83.8 Å². The number of para-hydroxylation sites is 1. The van der Waals surface area contributed by atoms with E-state index in [0.29, 0.717) is 22.0 Å². The highest BCUT2D eigenvalue weighted by Crippen LogP contribution is 2.49. The van der Waals surface area contributed by atoms with E-state index in [-0.39, 0.29) is 17.0 Å². The lowest BCUT2D eigenvalue weighted by atomic mass is 9.79. The van der Waals surface area contributed by atoms with Gasteiger partial charge >= 0.3 is 25.8 Å². The molecule has 0 aliphatic carbocycles. The number of carbonyl (C=O) groups is 3. The highest BCUT2D eigenvalue weighted by atomic mass is 31.2. The lowest BCUT2D eigenvalue weighted by Crippen LogP contribution is -2.39. The summed E-state index contributed by atoms with van der Waals surface area (Å²) in [5.41, 5.74) is -0.0526. The second-order valence-corrected chi connectivity index (χ2v) is 15.6. The van der Waals surface area contributed by atoms with E-state index in [0.717, 1.165) is 0 Å². The molecule has 2 atom stereocenters. The first-order valence-electron chi connectivity index (χ1n) is 15.8. The fourth-order valence-corrected chi connectivity index (χ4v) is 6.27. The number of hydrogen-bond acceptors (Lipinski definition) is 8. The van der Waals surface area contributed by atoms with Crippen LogP contribution in [-0.4, -0.2) is 54.2 Å². The van der Waals surface area contributed by atoms with Crippen molar-refractivity contribution < 1.29 is 45.9 Å². The fourth-order valence-electron chi connectivity index (χ4n) is 4.77. The van der Waals surface area contributed by atoms with Crippen molar-refractivity contribution in [3.05, 3.63) is 69.5 Å². The van der Waals surface area contributed by atoms with Gasteiger partial charge in [0.15, 0.2) is 0 Å². The molecule has 12 nitrogen and oxygen atoms in total. The Morgan fingerprint density at radius 1 is 0.940 bits per heavy atom. The Labute approximate surface area is 288 Å². The summed E-state index contributed by atoms with van der Waals surface area (Å²) in [5.74, 6) is -3.84. The molecule has 2 amide bonds. The molecule has 0 saturated carbocycles. The number of hydrogen-bond donors (Lipinski definition) is 4. The van der Waals surface area contributed by atoms with Crippen LogP contribution in [0.3, 0.4) is 0 Å². The number of fused-ring (bicyclic) bond motifs is 1. The van der Waals surface area contributed by atoms with Crippen LogP contribution < -0.4 is 25.7 Å². The van der Waals surface area contributed by atoms with E-state index in [2.05, 4.69) is 15.4 Å². The van der Waals surface area contributed by atoms with Gasteiger partial charge in [0.25, 0.3) is 5.91 Å². The quantitative estimate of drug-likeness (QED) is 0.0929. The summed E-state index contributed by atoms with van der Waals surface area (Å²) < 4.78 is 69.0. The summed E-state index contributed by atoms with van der Waals surface area (Å²) >= 11 is 0. The Bertz CT molecular complexity index is 1850. The predicted octanol–water partition coefficient (Wildman–Crippen LogP) is 6.49. The summed E-state index contributed by atoms with van der Waals surface area (Å²) in [7, 11) is -4.65. The third kappa shape index (κ3) is 10.4. The average Bonchev–Trinajstić information content (AvgIpc) is 2.97. The molecule has 1 aromatic heterocycles. The standard InChI is InChI=1S/C34H44F3N4O8P/c1-19(2)48-30(44)20(3)41-50(46,47-15-14-38-31(45)34(35,36)37)49-27-17-26(23(32(4,5)6)16-24(27)33(7,8)9)40-29(43)22-18-39-25-13-11-10-12-21(25)28(22)42/h10-13,16-20H,14-15H2,1-9H3,(H,38,45)(H,39,42)(H,40,43)(H,41,46)/t20-,50?/m0/s1. The smallest absolute Gasteiger partial charge is 0.462 e. The second kappa shape index (κ2) is 15.4. The molecular weight excluding hydrogens is 680 g/mol. The second-order valence-electron chi connectivity index (χ2n) is 13.9. The van der Waals surface area contributed by atoms with Gasteiger partial charge in [0, 0.05) is 41.0 Å². The Kier molecular flexibility index (Phi) is 12.4. The van der Waals surface area contributed by atoms with Crippen LogP contribution >= 0.6 is 7.75 Å². The van der Waals surface area contributed by atoms with E-state index < -0.39 is 73.3 Å². The molecule has 4 N–H and O–H groups in total. The molecule has 3 aromatic rings. The van der Waals surface area contributed by atoms with Crippen molar-refractivity contribution in [1.29, 1.82) is 0 Å². The number of rotatable bonds is 12. The zero-order chi connectivity index (χ0) is 37.8. The molecule has 2 aromatic carbocycles. The van der Waals surface area contributed by atoms with Gasteiger partial charge in [0.1, 0.15) is 17.4 Å². The maximum absolute atomic E-state index is 14.3. The summed E-state index contributed by atoms with van der Waals surface area (Å²) in [4.78, 5) is 53.7. The Balaban J connectivity index is 2.10. The topological polar surface area (TPSA) is 165 Å². The number of nitrogens with one attached hydrogen (secondary N) is 4. The molecule has 0 fully saturated rings. The Morgan fingerprint density at radius 3 is 2.14 bits per heavy atom. The first-order valence-corrected chi connectivity index (χ1v) is 17.4. The summed E-state index contributed by atoms with van der Waals surface area (Å²) in [6, 6.07) is 8.59. The van der Waals surface area contributed by atoms with Crippen molar-refractivity contribution in [3.8, 4) is 5.75 Å². The lowest BCUT2D eigenvalue weighted by molar-refractivity contribution is -0.173. The molecule has 50 heavy (non-hydrogen) atoms. The van der Waals surface area contributed by atoms with Crippen molar-refractivity contribution in [3.63, 3.8) is 0 Å². The zero-order valence-corrected chi connectivity index (χ0v) is 30.4. The van der Waals surface area contributed by atoms with Crippen molar-refractivity contribution >= 4 is 42.1 Å². The molecule has 16 heteroatoms. The molecular formula is C34H44F3N4O8P. The lowest BCUT2D eigenvalue weighted by Gasteiger charge is -2.31. The van der Waals surface area contributed by atoms with Gasteiger partial charge in [-0.05, 0) is 55.4 Å². The minimum Gasteiger partial charge on any atom is -0.462 e.